The summed E-state index contributed by atoms with van der Waals surface area (Å²) in [5.41, 5.74) is 1.44. The minimum Gasteiger partial charge on any atom is -0.449 e. The van der Waals surface area contributed by atoms with Gasteiger partial charge in [-0.3, -0.25) is 0 Å². The van der Waals surface area contributed by atoms with Gasteiger partial charge in [0.05, 0.1) is 4.90 Å². The minimum absolute atomic E-state index is 0.0677. The second-order valence-corrected chi connectivity index (χ2v) is 5.78. The zero-order valence-corrected chi connectivity index (χ0v) is 9.92. The predicted octanol–water partition coefficient (Wildman–Crippen LogP) is 2.58. The molecule has 2 aromatic rings. The van der Waals surface area contributed by atoms with Crippen LogP contribution in [0.15, 0.2) is 39.8 Å². The summed E-state index contributed by atoms with van der Waals surface area (Å²) in [5.74, 6) is 0.559. The highest BCUT2D eigenvalue weighted by Crippen LogP contribution is 2.22. The van der Waals surface area contributed by atoms with Gasteiger partial charge in [-0.05, 0) is 12.1 Å². The minimum atomic E-state index is -3.67. The van der Waals surface area contributed by atoms with E-state index >= 15 is 0 Å². The van der Waals surface area contributed by atoms with Crippen LogP contribution in [0.3, 0.4) is 0 Å². The molecule has 0 saturated heterocycles. The molecule has 1 aromatic heterocycles. The van der Waals surface area contributed by atoms with Gasteiger partial charge in [0.1, 0.15) is 12.0 Å². The zero-order chi connectivity index (χ0) is 11.8. The molecule has 2 rings (SSSR count). The summed E-state index contributed by atoms with van der Waals surface area (Å²) in [7, 11) is 1.53. The van der Waals surface area contributed by atoms with Crippen molar-refractivity contribution in [3.63, 3.8) is 0 Å². The van der Waals surface area contributed by atoms with Crippen molar-refractivity contribution in [2.45, 2.75) is 11.8 Å². The van der Waals surface area contributed by atoms with E-state index in [1.807, 2.05) is 0 Å². The lowest BCUT2D eigenvalue weighted by atomic mass is 10.2. The van der Waals surface area contributed by atoms with Crippen molar-refractivity contribution in [3.05, 3.63) is 36.4 Å². The Hall–Kier alpha value is -1.33. The maximum Gasteiger partial charge on any atom is 0.261 e. The molecule has 84 valence electrons. The van der Waals surface area contributed by atoms with Crippen LogP contribution in [-0.4, -0.2) is 13.4 Å². The van der Waals surface area contributed by atoms with Crippen LogP contribution >= 0.6 is 10.7 Å². The Bertz CT molecular complexity index is 601. The monoisotopic (exact) mass is 257 g/mol. The number of halogens is 1. The molecule has 1 aromatic carbocycles. The summed E-state index contributed by atoms with van der Waals surface area (Å²) in [6.07, 6.45) is 1.51. The Balaban J connectivity index is 2.40. The van der Waals surface area contributed by atoms with Gasteiger partial charge in [-0.15, -0.1) is 0 Å². The molecule has 1 heterocycles. The maximum atomic E-state index is 11.0. The average Bonchev–Trinajstić information content (AvgIpc) is 2.64. The third-order valence-corrected chi connectivity index (χ3v) is 3.42. The summed E-state index contributed by atoms with van der Waals surface area (Å²) in [5, 5.41) is 0. The molecule has 6 heteroatoms. The predicted molar refractivity (Wildman–Crippen MR) is 59.7 cm³/mol. The lowest BCUT2D eigenvalue weighted by molar-refractivity contribution is 0.521. The van der Waals surface area contributed by atoms with Crippen LogP contribution in [0, 0.1) is 6.92 Å². The molecule has 0 unspecified atom stereocenters. The smallest absolute Gasteiger partial charge is 0.261 e. The lowest BCUT2D eigenvalue weighted by Gasteiger charge is -1.97. The molecule has 0 saturated carbocycles. The number of hydrogen-bond acceptors (Lipinski definition) is 4. The molecule has 0 spiro atoms. The fourth-order valence-corrected chi connectivity index (χ4v) is 2.05. The molecule has 0 N–H and O–H groups in total. The topological polar surface area (TPSA) is 60.2 Å². The van der Waals surface area contributed by atoms with Crippen molar-refractivity contribution in [1.82, 2.24) is 4.98 Å². The number of hydrogen-bond donors (Lipinski definition) is 0. The average molecular weight is 258 g/mol. The van der Waals surface area contributed by atoms with Crippen LogP contribution in [0.25, 0.3) is 11.3 Å². The Labute approximate surface area is 97.3 Å². The van der Waals surface area contributed by atoms with Gasteiger partial charge in [-0.25, -0.2) is 13.4 Å². The molecule has 4 nitrogen and oxygen atoms in total. The van der Waals surface area contributed by atoms with Crippen LogP contribution < -0.4 is 0 Å². The number of aryl methyl sites for hydroxylation is 1. The van der Waals surface area contributed by atoms with Crippen LogP contribution in [-0.2, 0) is 9.05 Å². The largest absolute Gasteiger partial charge is 0.449 e. The van der Waals surface area contributed by atoms with Crippen LogP contribution in [0.1, 0.15) is 5.89 Å². The number of nitrogens with zero attached hydrogens (tertiary/aromatic N) is 1. The molecule has 0 aliphatic rings. The van der Waals surface area contributed by atoms with Gasteiger partial charge in [0.15, 0.2) is 5.89 Å². The van der Waals surface area contributed by atoms with E-state index in [2.05, 4.69) is 4.98 Å². The van der Waals surface area contributed by atoms with Gasteiger partial charge in [-0.1, -0.05) is 12.1 Å². The molecule has 0 amide bonds. The van der Waals surface area contributed by atoms with E-state index in [-0.39, 0.29) is 4.90 Å². The first kappa shape index (κ1) is 11.2. The molecule has 16 heavy (non-hydrogen) atoms. The highest BCUT2D eigenvalue weighted by Gasteiger charge is 2.10. The highest BCUT2D eigenvalue weighted by atomic mass is 35.7. The van der Waals surface area contributed by atoms with Crippen molar-refractivity contribution in [2.24, 2.45) is 0 Å². The Kier molecular flexibility index (Phi) is 2.73. The Morgan fingerprint density at radius 2 is 1.88 bits per heavy atom. The molecular formula is C10H8ClNO3S. The standard InChI is InChI=1S/C10H8ClNO3S/c1-7-12-10(6-15-7)8-2-4-9(5-3-8)16(11,13)14/h2-6H,1H3. The van der Waals surface area contributed by atoms with E-state index in [1.165, 1.54) is 18.4 Å². The van der Waals surface area contributed by atoms with E-state index in [4.69, 9.17) is 15.1 Å². The third-order valence-electron chi connectivity index (χ3n) is 2.05. The quantitative estimate of drug-likeness (QED) is 0.776. The number of rotatable bonds is 2. The van der Waals surface area contributed by atoms with Crippen molar-refractivity contribution >= 4 is 19.7 Å². The lowest BCUT2D eigenvalue weighted by Crippen LogP contribution is -1.89. The van der Waals surface area contributed by atoms with Crippen LogP contribution in [0.5, 0.6) is 0 Å². The SMILES string of the molecule is Cc1nc(-c2ccc(S(=O)(=O)Cl)cc2)co1. The van der Waals surface area contributed by atoms with Gasteiger partial charge in [-0.2, -0.15) is 0 Å². The van der Waals surface area contributed by atoms with Gasteiger partial charge >= 0.3 is 0 Å². The summed E-state index contributed by atoms with van der Waals surface area (Å²) in [4.78, 5) is 4.19. The van der Waals surface area contributed by atoms with Crippen molar-refractivity contribution in [3.8, 4) is 11.3 Å². The van der Waals surface area contributed by atoms with E-state index < -0.39 is 9.05 Å². The number of oxazole rings is 1. The molecule has 0 bridgehead atoms. The van der Waals surface area contributed by atoms with Gasteiger partial charge < -0.3 is 4.42 Å². The van der Waals surface area contributed by atoms with Crippen molar-refractivity contribution in [2.75, 3.05) is 0 Å². The van der Waals surface area contributed by atoms with Crippen molar-refractivity contribution in [1.29, 1.82) is 0 Å². The van der Waals surface area contributed by atoms with Gasteiger partial charge in [0.25, 0.3) is 9.05 Å². The molecule has 0 aliphatic heterocycles. The highest BCUT2D eigenvalue weighted by molar-refractivity contribution is 8.13. The van der Waals surface area contributed by atoms with Gasteiger partial charge in [0.2, 0.25) is 0 Å². The van der Waals surface area contributed by atoms with Crippen molar-refractivity contribution < 1.29 is 12.8 Å². The molecule has 0 radical (unpaired) electrons. The van der Waals surface area contributed by atoms with Crippen LogP contribution in [0.2, 0.25) is 0 Å². The summed E-state index contributed by atoms with van der Waals surface area (Å²) >= 11 is 0. The van der Waals surface area contributed by atoms with E-state index in [9.17, 15) is 8.42 Å². The fraction of sp³-hybridized carbons (Fsp3) is 0.100. The second kappa shape index (κ2) is 3.92. The van der Waals surface area contributed by atoms with Crippen LogP contribution in [0.4, 0.5) is 0 Å². The number of benzene rings is 1. The number of aromatic nitrogens is 1. The Morgan fingerprint density at radius 3 is 2.31 bits per heavy atom. The summed E-state index contributed by atoms with van der Waals surface area (Å²) in [6.45, 7) is 1.74. The summed E-state index contributed by atoms with van der Waals surface area (Å²) < 4.78 is 27.1. The molecule has 0 atom stereocenters. The first-order valence-corrected chi connectivity index (χ1v) is 6.75. The summed E-state index contributed by atoms with van der Waals surface area (Å²) in [6, 6.07) is 6.13. The van der Waals surface area contributed by atoms with E-state index in [0.29, 0.717) is 11.6 Å². The molecule has 0 aliphatic carbocycles. The normalized spacial score (nSPS) is 11.6. The molecule has 0 fully saturated rings. The van der Waals surface area contributed by atoms with Gasteiger partial charge in [0, 0.05) is 23.2 Å². The fourth-order valence-electron chi connectivity index (χ4n) is 1.28. The first-order chi connectivity index (χ1) is 7.47. The second-order valence-electron chi connectivity index (χ2n) is 3.21. The molecular weight excluding hydrogens is 250 g/mol. The Morgan fingerprint density at radius 1 is 1.25 bits per heavy atom. The maximum absolute atomic E-state index is 11.0. The van der Waals surface area contributed by atoms with E-state index in [0.717, 1.165) is 5.56 Å². The third kappa shape index (κ3) is 2.25. The van der Waals surface area contributed by atoms with E-state index in [1.54, 1.807) is 19.1 Å². The first-order valence-electron chi connectivity index (χ1n) is 4.44. The zero-order valence-electron chi connectivity index (χ0n) is 8.34.